The van der Waals surface area contributed by atoms with Crippen molar-refractivity contribution >= 4 is 0 Å². The third-order valence-corrected chi connectivity index (χ3v) is 2.92. The maximum absolute atomic E-state index is 12.1. The Labute approximate surface area is 146 Å². The van der Waals surface area contributed by atoms with Gasteiger partial charge < -0.3 is 4.90 Å². The van der Waals surface area contributed by atoms with E-state index in [2.05, 4.69) is 25.7 Å². The molecule has 138 valence electrons. The molecule has 0 saturated carbocycles. The van der Waals surface area contributed by atoms with Crippen LogP contribution in [0.15, 0.2) is 24.3 Å². The van der Waals surface area contributed by atoms with Crippen LogP contribution in [0.2, 0.25) is 0 Å². The Morgan fingerprint density at radius 3 is 1.48 bits per heavy atom. The van der Waals surface area contributed by atoms with Crippen LogP contribution in [-0.2, 0) is 0 Å². The molecule has 0 aliphatic heterocycles. The van der Waals surface area contributed by atoms with Crippen molar-refractivity contribution in [1.29, 1.82) is 0 Å². The monoisotopic (exact) mass is 327 g/mol. The van der Waals surface area contributed by atoms with E-state index in [0.717, 1.165) is 5.56 Å². The molecule has 0 aliphatic rings. The molecule has 0 bridgehead atoms. The van der Waals surface area contributed by atoms with Crippen LogP contribution in [0.4, 0.5) is 4.39 Å². The summed E-state index contributed by atoms with van der Waals surface area (Å²) in [5.41, 5.74) is 1.09. The van der Waals surface area contributed by atoms with Crippen molar-refractivity contribution in [3.05, 3.63) is 35.6 Å². The molecule has 1 aromatic rings. The molecule has 0 saturated heterocycles. The predicted octanol–water partition coefficient (Wildman–Crippen LogP) is 7.10. The molecule has 1 rings (SSSR count). The molecular formula is C21H42FN. The molecule has 0 radical (unpaired) electrons. The average Bonchev–Trinajstić information content (AvgIpc) is 2.60. The number of unbranched alkanes of at least 4 members (excludes halogenated alkanes) is 1. The Morgan fingerprint density at radius 2 is 1.17 bits per heavy atom. The first-order chi connectivity index (χ1) is 11.1. The van der Waals surface area contributed by atoms with Crippen molar-refractivity contribution in [3.8, 4) is 0 Å². The molecule has 0 atom stereocenters. The summed E-state index contributed by atoms with van der Waals surface area (Å²) in [5.74, 6) is -0.171. The van der Waals surface area contributed by atoms with Crippen LogP contribution in [0.1, 0.15) is 79.7 Å². The zero-order valence-corrected chi connectivity index (χ0v) is 17.1. The summed E-state index contributed by atoms with van der Waals surface area (Å²) in [6, 6.07) is 6.40. The summed E-state index contributed by atoms with van der Waals surface area (Å²) in [5, 5.41) is 0. The molecule has 0 amide bonds. The fourth-order valence-electron chi connectivity index (χ4n) is 1.88. The summed E-state index contributed by atoms with van der Waals surface area (Å²) in [4.78, 5) is 2.57. The topological polar surface area (TPSA) is 3.24 Å². The van der Waals surface area contributed by atoms with Crippen LogP contribution in [0.5, 0.6) is 0 Å². The Kier molecular flexibility index (Phi) is 27.4. The van der Waals surface area contributed by atoms with Crippen molar-refractivity contribution in [2.24, 2.45) is 0 Å². The lowest BCUT2D eigenvalue weighted by molar-refractivity contribution is 0.270. The molecule has 0 spiro atoms. The van der Waals surface area contributed by atoms with Crippen LogP contribution in [-0.4, -0.2) is 24.5 Å². The van der Waals surface area contributed by atoms with Gasteiger partial charge in [-0.1, -0.05) is 72.6 Å². The smallest absolute Gasteiger partial charge is 0.123 e. The van der Waals surface area contributed by atoms with Crippen LogP contribution < -0.4 is 0 Å². The molecule has 23 heavy (non-hydrogen) atoms. The molecule has 1 nitrogen and oxygen atoms in total. The summed E-state index contributed by atoms with van der Waals surface area (Å²) >= 11 is 0. The number of hydrogen-bond acceptors (Lipinski definition) is 1. The molecular weight excluding hydrogens is 285 g/mol. The standard InChI is InChI=1S/C10H23N.C7H7F.2C2H6/c1-4-7-10-11(8-5-2)9-6-3;1-6-2-4-7(8)5-3-6;2*1-2/h4-10H2,1-3H3;2-5H,1H3;2*1-2H3. The first kappa shape index (κ1) is 27.0. The van der Waals surface area contributed by atoms with Gasteiger partial charge >= 0.3 is 0 Å². The molecule has 0 fully saturated rings. The van der Waals surface area contributed by atoms with Gasteiger partial charge in [0.05, 0.1) is 0 Å². The molecule has 0 N–H and O–H groups in total. The van der Waals surface area contributed by atoms with Crippen LogP contribution in [0.3, 0.4) is 0 Å². The van der Waals surface area contributed by atoms with Crippen molar-refractivity contribution < 1.29 is 4.39 Å². The third kappa shape index (κ3) is 21.1. The largest absolute Gasteiger partial charge is 0.303 e. The highest BCUT2D eigenvalue weighted by Gasteiger charge is 1.99. The van der Waals surface area contributed by atoms with Crippen LogP contribution in [0.25, 0.3) is 0 Å². The fourth-order valence-corrected chi connectivity index (χ4v) is 1.88. The lowest BCUT2D eigenvalue weighted by Crippen LogP contribution is -2.26. The normalized spacial score (nSPS) is 8.96. The van der Waals surface area contributed by atoms with Gasteiger partial charge in [-0.2, -0.15) is 0 Å². The maximum Gasteiger partial charge on any atom is 0.123 e. The molecule has 2 heteroatoms. The summed E-state index contributed by atoms with van der Waals surface area (Å²) in [6.45, 7) is 20.6. The van der Waals surface area contributed by atoms with E-state index in [4.69, 9.17) is 0 Å². The van der Waals surface area contributed by atoms with E-state index in [0.29, 0.717) is 0 Å². The highest BCUT2D eigenvalue weighted by molar-refractivity contribution is 5.13. The predicted molar refractivity (Wildman–Crippen MR) is 106 cm³/mol. The Balaban J connectivity index is -0.000000292. The third-order valence-electron chi connectivity index (χ3n) is 2.92. The van der Waals surface area contributed by atoms with Crippen LogP contribution in [0, 0.1) is 12.7 Å². The van der Waals surface area contributed by atoms with E-state index >= 15 is 0 Å². The molecule has 0 unspecified atom stereocenters. The van der Waals surface area contributed by atoms with Gasteiger partial charge in [-0.05, 0) is 58.0 Å². The maximum atomic E-state index is 12.1. The van der Waals surface area contributed by atoms with Gasteiger partial charge in [0.2, 0.25) is 0 Å². The first-order valence-corrected chi connectivity index (χ1v) is 9.58. The van der Waals surface area contributed by atoms with E-state index < -0.39 is 0 Å². The van der Waals surface area contributed by atoms with Gasteiger partial charge in [0.1, 0.15) is 5.82 Å². The second-order valence-electron chi connectivity index (χ2n) is 4.99. The van der Waals surface area contributed by atoms with E-state index in [1.165, 1.54) is 57.5 Å². The summed E-state index contributed by atoms with van der Waals surface area (Å²) in [7, 11) is 0. The van der Waals surface area contributed by atoms with Gasteiger partial charge in [-0.25, -0.2) is 4.39 Å². The number of hydrogen-bond donors (Lipinski definition) is 0. The van der Waals surface area contributed by atoms with Crippen molar-refractivity contribution in [2.75, 3.05) is 19.6 Å². The lowest BCUT2D eigenvalue weighted by atomic mass is 10.2. The summed E-state index contributed by atoms with van der Waals surface area (Å²) < 4.78 is 12.1. The second-order valence-corrected chi connectivity index (χ2v) is 4.99. The second kappa shape index (κ2) is 23.4. The SMILES string of the molecule is CC.CC.CCCCN(CCC)CCC.Cc1ccc(F)cc1. The van der Waals surface area contributed by atoms with Crippen molar-refractivity contribution in [1.82, 2.24) is 4.90 Å². The minimum Gasteiger partial charge on any atom is -0.303 e. The minimum atomic E-state index is -0.171. The fraction of sp³-hybridized carbons (Fsp3) is 0.714. The zero-order chi connectivity index (χ0) is 18.5. The van der Waals surface area contributed by atoms with Gasteiger partial charge in [0.25, 0.3) is 0 Å². The average molecular weight is 328 g/mol. The Bertz CT molecular complexity index is 268. The number of halogens is 1. The van der Waals surface area contributed by atoms with Gasteiger partial charge in [-0.3, -0.25) is 0 Å². The van der Waals surface area contributed by atoms with Crippen molar-refractivity contribution in [2.45, 2.75) is 81.1 Å². The van der Waals surface area contributed by atoms with Gasteiger partial charge in [0.15, 0.2) is 0 Å². The molecule has 1 aromatic carbocycles. The number of nitrogens with zero attached hydrogens (tertiary/aromatic N) is 1. The lowest BCUT2D eigenvalue weighted by Gasteiger charge is -2.20. The number of rotatable bonds is 7. The Morgan fingerprint density at radius 1 is 0.739 bits per heavy atom. The van der Waals surface area contributed by atoms with E-state index in [9.17, 15) is 4.39 Å². The van der Waals surface area contributed by atoms with Crippen molar-refractivity contribution in [3.63, 3.8) is 0 Å². The molecule has 0 aromatic heterocycles. The van der Waals surface area contributed by atoms with Gasteiger partial charge in [-0.15, -0.1) is 0 Å². The quantitative estimate of drug-likeness (QED) is 0.516. The number of aryl methyl sites for hydroxylation is 1. The highest BCUT2D eigenvalue weighted by atomic mass is 19.1. The highest BCUT2D eigenvalue weighted by Crippen LogP contribution is 1.99. The zero-order valence-electron chi connectivity index (χ0n) is 17.1. The van der Waals surface area contributed by atoms with E-state index in [-0.39, 0.29) is 5.82 Å². The minimum absolute atomic E-state index is 0.171. The molecule has 0 heterocycles. The van der Waals surface area contributed by atoms with Gasteiger partial charge in [0, 0.05) is 0 Å². The first-order valence-electron chi connectivity index (χ1n) is 9.58. The Hall–Kier alpha value is -0.890. The van der Waals surface area contributed by atoms with E-state index in [1.54, 1.807) is 12.1 Å². The molecule has 0 aliphatic carbocycles. The van der Waals surface area contributed by atoms with E-state index in [1.807, 2.05) is 34.6 Å². The summed E-state index contributed by atoms with van der Waals surface area (Å²) in [6.07, 6.45) is 5.28. The van der Waals surface area contributed by atoms with Crippen LogP contribution >= 0.6 is 0 Å². The number of benzene rings is 1.